The zero-order valence-electron chi connectivity index (χ0n) is 19.2. The van der Waals surface area contributed by atoms with Gasteiger partial charge in [-0.15, -0.1) is 0 Å². The van der Waals surface area contributed by atoms with Crippen molar-refractivity contribution in [3.8, 4) is 11.5 Å². The van der Waals surface area contributed by atoms with Crippen molar-refractivity contribution in [3.63, 3.8) is 0 Å². The van der Waals surface area contributed by atoms with E-state index in [1.807, 2.05) is 42.5 Å². The summed E-state index contributed by atoms with van der Waals surface area (Å²) >= 11 is 0. The molecule has 0 atom stereocenters. The number of ether oxygens (including phenoxy) is 2. The van der Waals surface area contributed by atoms with Crippen LogP contribution in [0.5, 0.6) is 11.5 Å². The maximum absolute atomic E-state index is 12.9. The van der Waals surface area contributed by atoms with Crippen molar-refractivity contribution in [3.05, 3.63) is 64.7 Å². The summed E-state index contributed by atoms with van der Waals surface area (Å²) in [6.07, 6.45) is 10.5. The second-order valence-corrected chi connectivity index (χ2v) is 8.09. The van der Waals surface area contributed by atoms with Gasteiger partial charge in [-0.05, 0) is 36.2 Å². The van der Waals surface area contributed by atoms with Gasteiger partial charge in [0.15, 0.2) is 0 Å². The van der Waals surface area contributed by atoms with Crippen LogP contribution in [0, 0.1) is 0 Å². The number of rotatable bonds is 11. The Morgan fingerprint density at radius 2 is 1.91 bits per heavy atom. The number of H-pyrrole nitrogens is 1. The molecule has 7 nitrogen and oxygen atoms in total. The Kier molecular flexibility index (Phi) is 7.40. The van der Waals surface area contributed by atoms with Crippen molar-refractivity contribution in [2.45, 2.75) is 45.4 Å². The van der Waals surface area contributed by atoms with Crippen LogP contribution in [0.1, 0.15) is 51.0 Å². The molecule has 0 aliphatic rings. The maximum Gasteiger partial charge on any atom is 0.298 e. The molecule has 0 aliphatic carbocycles. The highest BCUT2D eigenvalue weighted by Gasteiger charge is 2.11. The summed E-state index contributed by atoms with van der Waals surface area (Å²) in [5, 5.41) is 5.20. The standard InChI is InChI=1S/C26H30N4O3/c1-3-4-5-6-7-8-14-33-21-11-9-10-19(15-21)17-28-30-18-27-24-22-13-12-20(32-2)16-23(22)29-25(24)26(30)31/h9-13,15-18,29H,3-8,14H2,1-2H3/b28-17+. The van der Waals surface area contributed by atoms with Crippen LogP contribution in [0.3, 0.4) is 0 Å². The summed E-state index contributed by atoms with van der Waals surface area (Å²) in [4.78, 5) is 20.5. The van der Waals surface area contributed by atoms with E-state index < -0.39 is 0 Å². The third kappa shape index (κ3) is 5.42. The first-order valence-corrected chi connectivity index (χ1v) is 11.5. The lowest BCUT2D eigenvalue weighted by molar-refractivity contribution is 0.304. The first kappa shape index (κ1) is 22.6. The predicted molar refractivity (Wildman–Crippen MR) is 133 cm³/mol. The molecule has 7 heteroatoms. The van der Waals surface area contributed by atoms with Crippen LogP contribution < -0.4 is 15.0 Å². The van der Waals surface area contributed by atoms with Gasteiger partial charge < -0.3 is 14.5 Å². The van der Waals surface area contributed by atoms with E-state index in [2.05, 4.69) is 22.0 Å². The Hall–Kier alpha value is -3.61. The van der Waals surface area contributed by atoms with Gasteiger partial charge in [-0.2, -0.15) is 9.78 Å². The van der Waals surface area contributed by atoms with Crippen molar-refractivity contribution in [1.82, 2.24) is 14.6 Å². The first-order chi connectivity index (χ1) is 16.2. The molecule has 0 saturated carbocycles. The second-order valence-electron chi connectivity index (χ2n) is 8.09. The molecular weight excluding hydrogens is 416 g/mol. The zero-order valence-corrected chi connectivity index (χ0v) is 19.2. The minimum atomic E-state index is -0.262. The maximum atomic E-state index is 12.9. The number of nitrogens with zero attached hydrogens (tertiary/aromatic N) is 3. The van der Waals surface area contributed by atoms with E-state index in [9.17, 15) is 4.79 Å². The minimum absolute atomic E-state index is 0.262. The number of unbranched alkanes of at least 4 members (excludes halogenated alkanes) is 5. The quantitative estimate of drug-likeness (QED) is 0.243. The molecule has 2 aromatic carbocycles. The number of fused-ring (bicyclic) bond motifs is 3. The van der Waals surface area contributed by atoms with E-state index in [0.717, 1.165) is 28.6 Å². The number of benzene rings is 2. The molecule has 2 heterocycles. The zero-order chi connectivity index (χ0) is 23.0. The van der Waals surface area contributed by atoms with Gasteiger partial charge >= 0.3 is 0 Å². The fourth-order valence-electron chi connectivity index (χ4n) is 3.83. The molecule has 0 radical (unpaired) electrons. The highest BCUT2D eigenvalue weighted by atomic mass is 16.5. The Bertz CT molecular complexity index is 1310. The molecule has 0 bridgehead atoms. The van der Waals surface area contributed by atoms with Crippen molar-refractivity contribution < 1.29 is 9.47 Å². The van der Waals surface area contributed by atoms with Crippen molar-refractivity contribution in [2.75, 3.05) is 13.7 Å². The SMILES string of the molecule is CCCCCCCCOc1cccc(/C=N/n2cnc3c([nH]c4cc(OC)ccc43)c2=O)c1. The molecule has 0 fully saturated rings. The molecule has 0 aliphatic heterocycles. The largest absolute Gasteiger partial charge is 0.497 e. The molecular formula is C26H30N4O3. The number of aromatic nitrogens is 3. The van der Waals surface area contributed by atoms with Gasteiger partial charge in [-0.3, -0.25) is 4.79 Å². The van der Waals surface area contributed by atoms with Gasteiger partial charge in [0, 0.05) is 11.5 Å². The van der Waals surface area contributed by atoms with E-state index in [-0.39, 0.29) is 5.56 Å². The second kappa shape index (κ2) is 10.8. The van der Waals surface area contributed by atoms with E-state index in [1.54, 1.807) is 13.3 Å². The number of methoxy groups -OCH3 is 1. The van der Waals surface area contributed by atoms with Gasteiger partial charge in [-0.1, -0.05) is 51.2 Å². The smallest absolute Gasteiger partial charge is 0.298 e. The number of hydrogen-bond donors (Lipinski definition) is 1. The first-order valence-electron chi connectivity index (χ1n) is 11.5. The summed E-state index contributed by atoms with van der Waals surface area (Å²) in [6.45, 7) is 2.93. The topological polar surface area (TPSA) is 81.5 Å². The minimum Gasteiger partial charge on any atom is -0.497 e. The molecule has 33 heavy (non-hydrogen) atoms. The van der Waals surface area contributed by atoms with Crippen LogP contribution in [0.4, 0.5) is 0 Å². The Morgan fingerprint density at radius 3 is 2.76 bits per heavy atom. The molecule has 0 unspecified atom stereocenters. The van der Waals surface area contributed by atoms with E-state index in [1.165, 1.54) is 43.1 Å². The lowest BCUT2D eigenvalue weighted by Gasteiger charge is -2.06. The van der Waals surface area contributed by atoms with Gasteiger partial charge in [-0.25, -0.2) is 4.98 Å². The predicted octanol–water partition coefficient (Wildman–Crippen LogP) is 5.51. The van der Waals surface area contributed by atoms with E-state index >= 15 is 0 Å². The fourth-order valence-corrected chi connectivity index (χ4v) is 3.83. The molecule has 4 aromatic rings. The third-order valence-electron chi connectivity index (χ3n) is 5.65. The van der Waals surface area contributed by atoms with Crippen molar-refractivity contribution in [2.24, 2.45) is 5.10 Å². The van der Waals surface area contributed by atoms with Crippen LogP contribution in [-0.4, -0.2) is 34.6 Å². The Morgan fingerprint density at radius 1 is 1.06 bits per heavy atom. The molecule has 0 amide bonds. The van der Waals surface area contributed by atoms with Crippen molar-refractivity contribution in [1.29, 1.82) is 0 Å². The number of nitrogens with one attached hydrogen (secondary N) is 1. The summed E-state index contributed by atoms with van der Waals surface area (Å²) in [7, 11) is 1.61. The fraction of sp³-hybridized carbons (Fsp3) is 0.346. The highest BCUT2D eigenvalue weighted by Crippen LogP contribution is 2.25. The van der Waals surface area contributed by atoms with Gasteiger partial charge in [0.1, 0.15) is 28.9 Å². The van der Waals surface area contributed by atoms with Crippen LogP contribution in [-0.2, 0) is 0 Å². The Balaban J connectivity index is 1.44. The van der Waals surface area contributed by atoms with Crippen LogP contribution >= 0.6 is 0 Å². The highest BCUT2D eigenvalue weighted by molar-refractivity contribution is 6.04. The number of hydrogen-bond acceptors (Lipinski definition) is 5. The van der Waals surface area contributed by atoms with Crippen LogP contribution in [0.25, 0.3) is 21.9 Å². The number of aromatic amines is 1. The molecule has 1 N–H and O–H groups in total. The monoisotopic (exact) mass is 446 g/mol. The molecule has 2 aromatic heterocycles. The van der Waals surface area contributed by atoms with Crippen molar-refractivity contribution >= 4 is 28.2 Å². The average Bonchev–Trinajstić information content (AvgIpc) is 3.22. The normalized spacial score (nSPS) is 11.6. The summed E-state index contributed by atoms with van der Waals surface area (Å²) < 4.78 is 12.4. The van der Waals surface area contributed by atoms with Gasteiger partial charge in [0.2, 0.25) is 0 Å². The molecule has 0 spiro atoms. The lowest BCUT2D eigenvalue weighted by Crippen LogP contribution is -2.17. The molecule has 0 saturated heterocycles. The lowest BCUT2D eigenvalue weighted by atomic mass is 10.1. The Labute approximate surface area is 193 Å². The van der Waals surface area contributed by atoms with E-state index in [0.29, 0.717) is 23.4 Å². The van der Waals surface area contributed by atoms with Gasteiger partial charge in [0.05, 0.1) is 25.4 Å². The third-order valence-corrected chi connectivity index (χ3v) is 5.65. The molecule has 4 rings (SSSR count). The summed E-state index contributed by atoms with van der Waals surface area (Å²) in [5.74, 6) is 1.52. The van der Waals surface area contributed by atoms with Gasteiger partial charge in [0.25, 0.3) is 5.56 Å². The van der Waals surface area contributed by atoms with Crippen LogP contribution in [0.15, 0.2) is 58.7 Å². The van der Waals surface area contributed by atoms with Crippen LogP contribution in [0.2, 0.25) is 0 Å². The molecule has 172 valence electrons. The summed E-state index contributed by atoms with van der Waals surface area (Å²) in [5.41, 5.74) is 2.42. The summed E-state index contributed by atoms with van der Waals surface area (Å²) in [6, 6.07) is 13.3. The van der Waals surface area contributed by atoms with E-state index in [4.69, 9.17) is 9.47 Å². The average molecular weight is 447 g/mol.